The van der Waals surface area contributed by atoms with Gasteiger partial charge in [-0.3, -0.25) is 0 Å². The first-order valence-electron chi connectivity index (χ1n) is 8.15. The minimum Gasteiger partial charge on any atom is -0.446 e. The number of benzene rings is 2. The van der Waals surface area contributed by atoms with E-state index in [1.54, 1.807) is 30.3 Å². The second-order valence-corrected chi connectivity index (χ2v) is 6.50. The van der Waals surface area contributed by atoms with Crippen LogP contribution in [0.5, 0.6) is 0 Å². The van der Waals surface area contributed by atoms with Crippen molar-refractivity contribution in [1.29, 1.82) is 5.26 Å². The Morgan fingerprint density at radius 3 is 2.56 bits per heavy atom. The first-order valence-corrected chi connectivity index (χ1v) is 8.15. The van der Waals surface area contributed by atoms with Crippen molar-refractivity contribution < 1.29 is 13.9 Å². The normalized spacial score (nSPS) is 18.8. The van der Waals surface area contributed by atoms with Crippen molar-refractivity contribution in [2.24, 2.45) is 0 Å². The van der Waals surface area contributed by atoms with E-state index in [0.717, 1.165) is 24.1 Å². The Hall–Kier alpha value is -2.71. The number of esters is 1. The number of halogens is 1. The molecule has 0 aromatic heterocycles. The summed E-state index contributed by atoms with van der Waals surface area (Å²) in [5, 5.41) is 9.09. The summed E-state index contributed by atoms with van der Waals surface area (Å²) in [6.07, 6.45) is 1.39. The lowest BCUT2D eigenvalue weighted by Crippen LogP contribution is -2.29. The first kappa shape index (κ1) is 17.1. The van der Waals surface area contributed by atoms with Crippen LogP contribution in [0.2, 0.25) is 0 Å². The molecule has 0 aliphatic carbocycles. The highest BCUT2D eigenvalue weighted by Gasteiger charge is 2.46. The maximum Gasteiger partial charge on any atom is 0.339 e. The van der Waals surface area contributed by atoms with Crippen molar-refractivity contribution in [3.8, 4) is 6.07 Å². The standard InChI is InChI=1S/C20H19FN2O2/c1-23(2)11-3-10-20(15-5-7-16(21)8-6-15)18-9-4-14(13-22)12-17(18)19(24)25-20/h4-9,12H,3,10-11H2,1-2H3/t20-/m1/s1. The van der Waals surface area contributed by atoms with E-state index in [4.69, 9.17) is 10.00 Å². The molecule has 0 unspecified atom stereocenters. The largest absolute Gasteiger partial charge is 0.446 e. The highest BCUT2D eigenvalue weighted by molar-refractivity contribution is 5.95. The third-order valence-corrected chi connectivity index (χ3v) is 4.52. The first-order chi connectivity index (χ1) is 12.0. The summed E-state index contributed by atoms with van der Waals surface area (Å²) < 4.78 is 19.2. The zero-order chi connectivity index (χ0) is 18.0. The molecule has 1 heterocycles. The Kier molecular flexibility index (Phi) is 4.56. The van der Waals surface area contributed by atoms with Gasteiger partial charge < -0.3 is 9.64 Å². The van der Waals surface area contributed by atoms with E-state index < -0.39 is 11.6 Å². The van der Waals surface area contributed by atoms with Crippen LogP contribution in [-0.4, -0.2) is 31.5 Å². The molecule has 4 nitrogen and oxygen atoms in total. The molecule has 0 fully saturated rings. The van der Waals surface area contributed by atoms with Gasteiger partial charge in [0.25, 0.3) is 0 Å². The minimum atomic E-state index is -0.940. The topological polar surface area (TPSA) is 53.3 Å². The number of carbonyl (C=O) groups is 1. The molecule has 2 aromatic carbocycles. The SMILES string of the molecule is CN(C)CCC[C@]1(c2ccc(F)cc2)OC(=O)c2cc(C#N)ccc21. The van der Waals surface area contributed by atoms with Gasteiger partial charge in [0.1, 0.15) is 5.82 Å². The number of ether oxygens (including phenoxy) is 1. The third-order valence-electron chi connectivity index (χ3n) is 4.52. The molecule has 1 atom stereocenters. The molecule has 2 aromatic rings. The minimum absolute atomic E-state index is 0.337. The van der Waals surface area contributed by atoms with Crippen molar-refractivity contribution in [3.05, 3.63) is 70.5 Å². The number of cyclic esters (lactones) is 1. The van der Waals surface area contributed by atoms with E-state index in [9.17, 15) is 9.18 Å². The fourth-order valence-corrected chi connectivity index (χ4v) is 3.31. The number of fused-ring (bicyclic) bond motifs is 1. The van der Waals surface area contributed by atoms with Crippen LogP contribution in [0.1, 0.15) is 39.9 Å². The second-order valence-electron chi connectivity index (χ2n) is 6.50. The third kappa shape index (κ3) is 3.13. The maximum absolute atomic E-state index is 13.4. The Labute approximate surface area is 146 Å². The van der Waals surface area contributed by atoms with Gasteiger partial charge >= 0.3 is 5.97 Å². The fraction of sp³-hybridized carbons (Fsp3) is 0.300. The zero-order valence-corrected chi connectivity index (χ0v) is 14.3. The van der Waals surface area contributed by atoms with E-state index in [1.807, 2.05) is 20.2 Å². The number of hydrogen-bond acceptors (Lipinski definition) is 4. The summed E-state index contributed by atoms with van der Waals surface area (Å²) in [4.78, 5) is 14.5. The molecule has 3 rings (SSSR count). The van der Waals surface area contributed by atoms with Crippen molar-refractivity contribution in [3.63, 3.8) is 0 Å². The van der Waals surface area contributed by atoms with E-state index in [1.165, 1.54) is 12.1 Å². The molecule has 0 amide bonds. The summed E-state index contributed by atoms with van der Waals surface area (Å²) in [7, 11) is 3.97. The van der Waals surface area contributed by atoms with Gasteiger partial charge in [0, 0.05) is 11.1 Å². The number of nitriles is 1. The molecular formula is C20H19FN2O2. The van der Waals surface area contributed by atoms with Gasteiger partial charge in [-0.2, -0.15) is 5.26 Å². The van der Waals surface area contributed by atoms with E-state index in [2.05, 4.69) is 4.90 Å². The van der Waals surface area contributed by atoms with Gasteiger partial charge in [0.2, 0.25) is 0 Å². The molecule has 5 heteroatoms. The number of rotatable bonds is 5. The molecule has 0 spiro atoms. The molecule has 25 heavy (non-hydrogen) atoms. The monoisotopic (exact) mass is 338 g/mol. The zero-order valence-electron chi connectivity index (χ0n) is 14.3. The Bertz CT molecular complexity index is 840. The lowest BCUT2D eigenvalue weighted by atomic mass is 9.81. The lowest BCUT2D eigenvalue weighted by Gasteiger charge is -2.30. The summed E-state index contributed by atoms with van der Waals surface area (Å²) in [6, 6.07) is 13.1. The van der Waals surface area contributed by atoms with Gasteiger partial charge in [-0.05, 0) is 57.7 Å². The van der Waals surface area contributed by atoms with E-state index in [-0.39, 0.29) is 5.82 Å². The maximum atomic E-state index is 13.4. The Balaban J connectivity index is 2.09. The van der Waals surface area contributed by atoms with Crippen LogP contribution in [0.15, 0.2) is 42.5 Å². The van der Waals surface area contributed by atoms with Crippen LogP contribution in [0.3, 0.4) is 0 Å². The summed E-state index contributed by atoms with van der Waals surface area (Å²) in [5.41, 5.74) is 1.36. The quantitative estimate of drug-likeness (QED) is 0.784. The van der Waals surface area contributed by atoms with Gasteiger partial charge in [-0.25, -0.2) is 9.18 Å². The summed E-state index contributed by atoms with van der Waals surface area (Å²) >= 11 is 0. The Morgan fingerprint density at radius 2 is 1.92 bits per heavy atom. The van der Waals surface area contributed by atoms with Crippen LogP contribution in [-0.2, 0) is 10.3 Å². The summed E-state index contributed by atoms with van der Waals surface area (Å²) in [6.45, 7) is 0.839. The molecule has 0 N–H and O–H groups in total. The van der Waals surface area contributed by atoms with Gasteiger partial charge in [0.05, 0.1) is 17.2 Å². The van der Waals surface area contributed by atoms with Gasteiger partial charge in [0.15, 0.2) is 5.60 Å². The van der Waals surface area contributed by atoms with Crippen molar-refractivity contribution in [2.45, 2.75) is 18.4 Å². The highest BCUT2D eigenvalue weighted by Crippen LogP contribution is 2.45. The van der Waals surface area contributed by atoms with E-state index >= 15 is 0 Å². The highest BCUT2D eigenvalue weighted by atomic mass is 19.1. The van der Waals surface area contributed by atoms with Crippen LogP contribution < -0.4 is 0 Å². The second kappa shape index (κ2) is 6.66. The Morgan fingerprint density at radius 1 is 1.20 bits per heavy atom. The van der Waals surface area contributed by atoms with Gasteiger partial charge in [-0.15, -0.1) is 0 Å². The molecule has 128 valence electrons. The average molecular weight is 338 g/mol. The fourth-order valence-electron chi connectivity index (χ4n) is 3.31. The van der Waals surface area contributed by atoms with Crippen LogP contribution in [0, 0.1) is 17.1 Å². The van der Waals surface area contributed by atoms with Crippen LogP contribution in [0.25, 0.3) is 0 Å². The predicted octanol–water partition coefficient (Wildman–Crippen LogP) is 3.45. The molecule has 0 saturated carbocycles. The molecule has 1 aliphatic heterocycles. The number of nitrogens with zero attached hydrogens (tertiary/aromatic N) is 2. The number of carbonyl (C=O) groups excluding carboxylic acids is 1. The molecule has 1 aliphatic rings. The predicted molar refractivity (Wildman–Crippen MR) is 91.5 cm³/mol. The molecule has 0 bridgehead atoms. The average Bonchev–Trinajstić information content (AvgIpc) is 2.88. The van der Waals surface area contributed by atoms with E-state index in [0.29, 0.717) is 17.5 Å². The van der Waals surface area contributed by atoms with Crippen molar-refractivity contribution in [2.75, 3.05) is 20.6 Å². The van der Waals surface area contributed by atoms with Crippen LogP contribution in [0.4, 0.5) is 4.39 Å². The smallest absolute Gasteiger partial charge is 0.339 e. The number of hydrogen-bond donors (Lipinski definition) is 0. The summed E-state index contributed by atoms with van der Waals surface area (Å²) in [5.74, 6) is -0.780. The van der Waals surface area contributed by atoms with Crippen molar-refractivity contribution >= 4 is 5.97 Å². The van der Waals surface area contributed by atoms with Gasteiger partial charge in [-0.1, -0.05) is 18.2 Å². The van der Waals surface area contributed by atoms with Crippen molar-refractivity contribution in [1.82, 2.24) is 4.90 Å². The molecule has 0 radical (unpaired) electrons. The lowest BCUT2D eigenvalue weighted by molar-refractivity contribution is 0.00582. The molecular weight excluding hydrogens is 319 g/mol. The van der Waals surface area contributed by atoms with Crippen LogP contribution >= 0.6 is 0 Å². The molecule has 0 saturated heterocycles.